The van der Waals surface area contributed by atoms with Crippen LogP contribution in [-0.4, -0.2) is 48.5 Å². The molecule has 1 aromatic heterocycles. The van der Waals surface area contributed by atoms with Crippen molar-refractivity contribution in [2.75, 3.05) is 24.7 Å². The first-order valence-electron chi connectivity index (χ1n) is 8.50. The number of carbonyl (C=O) groups excluding carboxylic acids is 1. The summed E-state index contributed by atoms with van der Waals surface area (Å²) in [6.07, 6.45) is 7.48. The molecule has 0 aromatic carbocycles. The van der Waals surface area contributed by atoms with Crippen LogP contribution in [0.4, 0.5) is 5.13 Å². The van der Waals surface area contributed by atoms with Crippen molar-refractivity contribution in [3.8, 4) is 0 Å². The summed E-state index contributed by atoms with van der Waals surface area (Å²) in [5.74, 6) is -0.321. The molecule has 1 aliphatic carbocycles. The van der Waals surface area contributed by atoms with Crippen molar-refractivity contribution in [1.82, 2.24) is 10.3 Å². The molecule has 7 heteroatoms. The average molecular weight is 337 g/mol. The Labute approximate surface area is 140 Å². The minimum Gasteiger partial charge on any atom is -0.351 e. The number of amides is 1. The highest BCUT2D eigenvalue weighted by Crippen LogP contribution is 2.36. The zero-order chi connectivity index (χ0) is 15.7. The SMILES string of the molecule is O=C(N[C@@H]1CCCC2(C1)OCCO2)[C@@H]1CCCN1c1nccs1. The third-order valence-corrected chi connectivity index (χ3v) is 5.86. The van der Waals surface area contributed by atoms with Crippen LogP contribution in [0.25, 0.3) is 0 Å². The van der Waals surface area contributed by atoms with Gasteiger partial charge in [-0.3, -0.25) is 4.79 Å². The van der Waals surface area contributed by atoms with Gasteiger partial charge in [-0.1, -0.05) is 0 Å². The molecule has 0 radical (unpaired) electrons. The molecule has 4 rings (SSSR count). The topological polar surface area (TPSA) is 63.7 Å². The fourth-order valence-corrected chi connectivity index (χ4v) is 4.72. The summed E-state index contributed by atoms with van der Waals surface area (Å²) in [4.78, 5) is 19.3. The third kappa shape index (κ3) is 3.09. The van der Waals surface area contributed by atoms with Crippen LogP contribution < -0.4 is 10.2 Å². The van der Waals surface area contributed by atoms with E-state index in [1.54, 1.807) is 17.5 Å². The third-order valence-electron chi connectivity index (χ3n) is 5.05. The lowest BCUT2D eigenvalue weighted by Gasteiger charge is -2.37. The molecule has 0 bridgehead atoms. The molecule has 2 saturated heterocycles. The first-order chi connectivity index (χ1) is 11.3. The van der Waals surface area contributed by atoms with Gasteiger partial charge in [0, 0.05) is 37.0 Å². The van der Waals surface area contributed by atoms with Crippen molar-refractivity contribution < 1.29 is 14.3 Å². The van der Waals surface area contributed by atoms with Gasteiger partial charge in [0.2, 0.25) is 5.91 Å². The van der Waals surface area contributed by atoms with Crippen molar-refractivity contribution in [3.63, 3.8) is 0 Å². The minimum atomic E-state index is -0.444. The van der Waals surface area contributed by atoms with Gasteiger partial charge in [0.15, 0.2) is 10.9 Å². The van der Waals surface area contributed by atoms with E-state index in [1.807, 2.05) is 5.38 Å². The van der Waals surface area contributed by atoms with Gasteiger partial charge in [0.25, 0.3) is 0 Å². The number of hydrogen-bond acceptors (Lipinski definition) is 6. The monoisotopic (exact) mass is 337 g/mol. The molecule has 2 aliphatic heterocycles. The molecule has 1 spiro atoms. The standard InChI is InChI=1S/C16H23N3O3S/c20-14(13-4-2-7-19(13)15-17-6-10-23-15)18-12-3-1-5-16(11-12)21-8-9-22-16/h6,10,12-13H,1-5,7-9,11H2,(H,18,20)/t12-,13+/m1/s1. The van der Waals surface area contributed by atoms with Crippen molar-refractivity contribution in [3.05, 3.63) is 11.6 Å². The first kappa shape index (κ1) is 15.4. The fourth-order valence-electron chi connectivity index (χ4n) is 4.00. The molecule has 1 N–H and O–H groups in total. The maximum Gasteiger partial charge on any atom is 0.243 e. The number of nitrogens with zero attached hydrogens (tertiary/aromatic N) is 2. The minimum absolute atomic E-state index is 0.0931. The Balaban J connectivity index is 1.39. The van der Waals surface area contributed by atoms with Crippen LogP contribution in [0.5, 0.6) is 0 Å². The molecule has 6 nitrogen and oxygen atoms in total. The molecule has 1 aromatic rings. The van der Waals surface area contributed by atoms with Gasteiger partial charge in [-0.15, -0.1) is 11.3 Å². The van der Waals surface area contributed by atoms with Crippen LogP contribution >= 0.6 is 11.3 Å². The highest BCUT2D eigenvalue weighted by molar-refractivity contribution is 7.13. The molecular formula is C16H23N3O3S. The van der Waals surface area contributed by atoms with Gasteiger partial charge in [0.1, 0.15) is 6.04 Å². The summed E-state index contributed by atoms with van der Waals surface area (Å²) in [6.45, 7) is 2.24. The summed E-state index contributed by atoms with van der Waals surface area (Å²) < 4.78 is 11.6. The Morgan fingerprint density at radius 2 is 2.22 bits per heavy atom. The lowest BCUT2D eigenvalue weighted by molar-refractivity contribution is -0.182. The second-order valence-electron chi connectivity index (χ2n) is 6.58. The predicted molar refractivity (Wildman–Crippen MR) is 87.5 cm³/mol. The van der Waals surface area contributed by atoms with Crippen LogP contribution in [0.1, 0.15) is 38.5 Å². The van der Waals surface area contributed by atoms with Crippen molar-refractivity contribution >= 4 is 22.4 Å². The molecule has 1 amide bonds. The van der Waals surface area contributed by atoms with Crippen LogP contribution in [0.2, 0.25) is 0 Å². The molecular weight excluding hydrogens is 314 g/mol. The second kappa shape index (κ2) is 6.37. The summed E-state index contributed by atoms with van der Waals surface area (Å²) in [5.41, 5.74) is 0. The average Bonchev–Trinajstić information content (AvgIpc) is 3.28. The lowest BCUT2D eigenvalue weighted by Crippen LogP contribution is -2.51. The van der Waals surface area contributed by atoms with E-state index in [1.165, 1.54) is 0 Å². The Kier molecular flexibility index (Phi) is 4.26. The Bertz CT molecular complexity index is 545. The fraction of sp³-hybridized carbons (Fsp3) is 0.750. The first-order valence-corrected chi connectivity index (χ1v) is 9.38. The van der Waals surface area contributed by atoms with Crippen LogP contribution in [0.3, 0.4) is 0 Å². The van der Waals surface area contributed by atoms with E-state index in [0.717, 1.165) is 50.2 Å². The number of ether oxygens (including phenoxy) is 2. The van der Waals surface area contributed by atoms with Crippen LogP contribution in [0, 0.1) is 0 Å². The normalized spacial score (nSPS) is 30.0. The van der Waals surface area contributed by atoms with Gasteiger partial charge in [-0.05, 0) is 25.7 Å². The molecule has 126 valence electrons. The number of carbonyl (C=O) groups is 1. The summed E-state index contributed by atoms with van der Waals surface area (Å²) in [6, 6.07) is 0.0533. The number of anilines is 1. The Morgan fingerprint density at radius 3 is 3.00 bits per heavy atom. The summed E-state index contributed by atoms with van der Waals surface area (Å²) in [7, 11) is 0. The molecule has 1 saturated carbocycles. The maximum absolute atomic E-state index is 12.8. The zero-order valence-electron chi connectivity index (χ0n) is 13.2. The Hall–Kier alpha value is -1.18. The second-order valence-corrected chi connectivity index (χ2v) is 7.45. The largest absolute Gasteiger partial charge is 0.351 e. The van der Waals surface area contributed by atoms with Gasteiger partial charge in [-0.2, -0.15) is 0 Å². The molecule has 3 aliphatic rings. The van der Waals surface area contributed by atoms with Crippen molar-refractivity contribution in [1.29, 1.82) is 0 Å². The van der Waals surface area contributed by atoms with Gasteiger partial charge < -0.3 is 19.7 Å². The van der Waals surface area contributed by atoms with E-state index < -0.39 is 5.79 Å². The van der Waals surface area contributed by atoms with E-state index >= 15 is 0 Å². The molecule has 3 heterocycles. The number of rotatable bonds is 3. The smallest absolute Gasteiger partial charge is 0.243 e. The predicted octanol–water partition coefficient (Wildman–Crippen LogP) is 1.91. The van der Waals surface area contributed by atoms with Gasteiger partial charge in [-0.25, -0.2) is 4.98 Å². The maximum atomic E-state index is 12.8. The Morgan fingerprint density at radius 1 is 1.35 bits per heavy atom. The molecule has 3 fully saturated rings. The molecule has 23 heavy (non-hydrogen) atoms. The van der Waals surface area contributed by atoms with Crippen LogP contribution in [-0.2, 0) is 14.3 Å². The number of hydrogen-bond donors (Lipinski definition) is 1. The quantitative estimate of drug-likeness (QED) is 0.913. The van der Waals surface area contributed by atoms with E-state index in [2.05, 4.69) is 15.2 Å². The number of thiazole rings is 1. The van der Waals surface area contributed by atoms with Crippen molar-refractivity contribution in [2.45, 2.75) is 56.4 Å². The number of aromatic nitrogens is 1. The van der Waals surface area contributed by atoms with Gasteiger partial charge >= 0.3 is 0 Å². The van der Waals surface area contributed by atoms with Crippen molar-refractivity contribution in [2.24, 2.45) is 0 Å². The number of nitrogens with one attached hydrogen (secondary N) is 1. The van der Waals surface area contributed by atoms with E-state index in [0.29, 0.717) is 13.2 Å². The molecule has 2 atom stereocenters. The zero-order valence-corrected chi connectivity index (χ0v) is 14.0. The van der Waals surface area contributed by atoms with E-state index in [9.17, 15) is 4.79 Å². The van der Waals surface area contributed by atoms with E-state index in [4.69, 9.17) is 9.47 Å². The lowest BCUT2D eigenvalue weighted by atomic mass is 9.89. The highest BCUT2D eigenvalue weighted by Gasteiger charge is 2.42. The molecule has 0 unspecified atom stereocenters. The summed E-state index contributed by atoms with van der Waals surface area (Å²) in [5, 5.41) is 6.15. The van der Waals surface area contributed by atoms with Gasteiger partial charge in [0.05, 0.1) is 13.2 Å². The summed E-state index contributed by atoms with van der Waals surface area (Å²) >= 11 is 1.60. The highest BCUT2D eigenvalue weighted by atomic mass is 32.1. The van der Waals surface area contributed by atoms with E-state index in [-0.39, 0.29) is 18.0 Å². The van der Waals surface area contributed by atoms with Crippen LogP contribution in [0.15, 0.2) is 11.6 Å².